The van der Waals surface area contributed by atoms with Crippen LogP contribution in [0.3, 0.4) is 0 Å². The van der Waals surface area contributed by atoms with E-state index in [1.54, 1.807) is 24.1 Å². The average molecular weight is 259 g/mol. The first kappa shape index (κ1) is 13.1. The Morgan fingerprint density at radius 1 is 1.37 bits per heavy atom. The summed E-state index contributed by atoms with van der Waals surface area (Å²) >= 11 is 0. The van der Waals surface area contributed by atoms with E-state index in [9.17, 15) is 4.79 Å². The van der Waals surface area contributed by atoms with E-state index in [4.69, 9.17) is 4.74 Å². The molecule has 0 saturated heterocycles. The Kier molecular flexibility index (Phi) is 4.18. The molecule has 0 bridgehead atoms. The van der Waals surface area contributed by atoms with Crippen LogP contribution in [-0.2, 0) is 18.3 Å². The number of methoxy groups -OCH3 is 1. The zero-order valence-electron chi connectivity index (χ0n) is 11.1. The van der Waals surface area contributed by atoms with Gasteiger partial charge in [-0.15, -0.1) is 0 Å². The fourth-order valence-electron chi connectivity index (χ4n) is 1.84. The third-order valence-corrected chi connectivity index (χ3v) is 2.80. The summed E-state index contributed by atoms with van der Waals surface area (Å²) in [5.41, 5.74) is 1.03. The Morgan fingerprint density at radius 2 is 2.16 bits per heavy atom. The second-order valence-electron chi connectivity index (χ2n) is 4.23. The molecule has 2 rings (SSSR count). The number of benzene rings is 1. The van der Waals surface area contributed by atoms with E-state index in [-0.39, 0.29) is 5.91 Å². The minimum absolute atomic E-state index is 0.0513. The Balaban J connectivity index is 1.89. The number of rotatable bonds is 5. The van der Waals surface area contributed by atoms with Crippen LogP contribution in [0.25, 0.3) is 0 Å². The molecule has 1 N–H and O–H groups in total. The molecular formula is C14H17N3O2. The van der Waals surface area contributed by atoms with Crippen molar-refractivity contribution in [3.05, 3.63) is 42.1 Å². The Bertz CT molecular complexity index is 563. The smallest absolute Gasteiger partial charge is 0.225 e. The van der Waals surface area contributed by atoms with Gasteiger partial charge in [0, 0.05) is 25.7 Å². The maximum absolute atomic E-state index is 11.8. The van der Waals surface area contributed by atoms with Gasteiger partial charge in [-0.05, 0) is 18.1 Å². The van der Waals surface area contributed by atoms with Gasteiger partial charge in [-0.3, -0.25) is 9.48 Å². The van der Waals surface area contributed by atoms with E-state index in [2.05, 4.69) is 10.4 Å². The third-order valence-electron chi connectivity index (χ3n) is 2.80. The van der Waals surface area contributed by atoms with Gasteiger partial charge in [-0.1, -0.05) is 18.2 Å². The van der Waals surface area contributed by atoms with Gasteiger partial charge in [0.1, 0.15) is 5.75 Å². The summed E-state index contributed by atoms with van der Waals surface area (Å²) in [6.45, 7) is 0. The number of hydrogen-bond donors (Lipinski definition) is 1. The molecule has 0 aliphatic heterocycles. The minimum Gasteiger partial charge on any atom is -0.496 e. The molecule has 1 aromatic heterocycles. The highest BCUT2D eigenvalue weighted by Crippen LogP contribution is 2.18. The van der Waals surface area contributed by atoms with Crippen LogP contribution < -0.4 is 10.1 Å². The minimum atomic E-state index is -0.0513. The number of amides is 1. The summed E-state index contributed by atoms with van der Waals surface area (Å²) in [7, 11) is 3.44. The Labute approximate surface area is 112 Å². The van der Waals surface area contributed by atoms with Gasteiger partial charge < -0.3 is 10.1 Å². The summed E-state index contributed by atoms with van der Waals surface area (Å²) in [4.78, 5) is 11.8. The average Bonchev–Trinajstić information content (AvgIpc) is 2.82. The molecule has 5 heteroatoms. The zero-order chi connectivity index (χ0) is 13.7. The van der Waals surface area contributed by atoms with Crippen LogP contribution in [0.5, 0.6) is 5.75 Å². The number of nitrogens with one attached hydrogen (secondary N) is 1. The molecule has 2 aromatic rings. The van der Waals surface area contributed by atoms with Crippen LogP contribution in [0.1, 0.15) is 12.0 Å². The second kappa shape index (κ2) is 6.04. The van der Waals surface area contributed by atoms with Crippen LogP contribution in [0.4, 0.5) is 5.82 Å². The molecule has 0 aliphatic rings. The van der Waals surface area contributed by atoms with Crippen LogP contribution in [0, 0.1) is 0 Å². The fourth-order valence-corrected chi connectivity index (χ4v) is 1.84. The Hall–Kier alpha value is -2.30. The number of carbonyl (C=O) groups excluding carboxylic acids is 1. The van der Waals surface area contributed by atoms with Gasteiger partial charge in [0.25, 0.3) is 0 Å². The van der Waals surface area contributed by atoms with E-state index >= 15 is 0 Å². The van der Waals surface area contributed by atoms with E-state index in [1.807, 2.05) is 31.3 Å². The molecule has 0 radical (unpaired) electrons. The fraction of sp³-hybridized carbons (Fsp3) is 0.286. The number of aromatic nitrogens is 2. The molecule has 1 amide bonds. The maximum atomic E-state index is 11.8. The van der Waals surface area contributed by atoms with E-state index < -0.39 is 0 Å². The number of nitrogens with zero attached hydrogens (tertiary/aromatic N) is 2. The normalized spacial score (nSPS) is 10.2. The SMILES string of the molecule is COc1ccccc1CCC(=O)Nc1ccn(C)n1. The van der Waals surface area contributed by atoms with Gasteiger partial charge in [-0.25, -0.2) is 0 Å². The molecule has 0 aliphatic carbocycles. The molecule has 0 spiro atoms. The van der Waals surface area contributed by atoms with Gasteiger partial charge in [0.15, 0.2) is 5.82 Å². The highest BCUT2D eigenvalue weighted by atomic mass is 16.5. The number of hydrogen-bond acceptors (Lipinski definition) is 3. The van der Waals surface area contributed by atoms with E-state index in [1.165, 1.54) is 0 Å². The van der Waals surface area contributed by atoms with Crippen LogP contribution in [0.2, 0.25) is 0 Å². The first-order valence-electron chi connectivity index (χ1n) is 6.10. The van der Waals surface area contributed by atoms with Crippen LogP contribution in [0.15, 0.2) is 36.5 Å². The monoisotopic (exact) mass is 259 g/mol. The van der Waals surface area contributed by atoms with Crippen molar-refractivity contribution in [3.8, 4) is 5.75 Å². The lowest BCUT2D eigenvalue weighted by molar-refractivity contribution is -0.116. The van der Waals surface area contributed by atoms with Gasteiger partial charge in [-0.2, -0.15) is 5.10 Å². The molecule has 5 nitrogen and oxygen atoms in total. The highest BCUT2D eigenvalue weighted by molar-refractivity contribution is 5.89. The van der Waals surface area contributed by atoms with Crippen molar-refractivity contribution in [2.75, 3.05) is 12.4 Å². The predicted molar refractivity (Wildman–Crippen MR) is 73.2 cm³/mol. The second-order valence-corrected chi connectivity index (χ2v) is 4.23. The summed E-state index contributed by atoms with van der Waals surface area (Å²) < 4.78 is 6.90. The van der Waals surface area contributed by atoms with Crippen molar-refractivity contribution in [1.82, 2.24) is 9.78 Å². The predicted octanol–water partition coefficient (Wildman–Crippen LogP) is 2.00. The lowest BCUT2D eigenvalue weighted by Gasteiger charge is -2.07. The molecule has 0 saturated carbocycles. The first-order valence-corrected chi connectivity index (χ1v) is 6.10. The van der Waals surface area contributed by atoms with Gasteiger partial charge >= 0.3 is 0 Å². The van der Waals surface area contributed by atoms with Crippen molar-refractivity contribution in [3.63, 3.8) is 0 Å². The number of anilines is 1. The quantitative estimate of drug-likeness (QED) is 0.893. The lowest BCUT2D eigenvalue weighted by atomic mass is 10.1. The summed E-state index contributed by atoms with van der Waals surface area (Å²) in [5.74, 6) is 1.34. The van der Waals surface area contributed by atoms with Crippen LogP contribution >= 0.6 is 0 Å². The molecule has 19 heavy (non-hydrogen) atoms. The van der Waals surface area contributed by atoms with Crippen LogP contribution in [-0.4, -0.2) is 22.8 Å². The zero-order valence-corrected chi connectivity index (χ0v) is 11.1. The number of ether oxygens (including phenoxy) is 1. The van der Waals surface area contributed by atoms with Crippen molar-refractivity contribution >= 4 is 11.7 Å². The topological polar surface area (TPSA) is 56.1 Å². The molecular weight excluding hydrogens is 242 g/mol. The Morgan fingerprint density at radius 3 is 2.84 bits per heavy atom. The number of para-hydroxylation sites is 1. The van der Waals surface area contributed by atoms with Gasteiger partial charge in [0.2, 0.25) is 5.91 Å². The van der Waals surface area contributed by atoms with Crippen molar-refractivity contribution in [1.29, 1.82) is 0 Å². The molecule has 0 unspecified atom stereocenters. The van der Waals surface area contributed by atoms with Crippen molar-refractivity contribution < 1.29 is 9.53 Å². The lowest BCUT2D eigenvalue weighted by Crippen LogP contribution is -2.13. The number of carbonyl (C=O) groups is 1. The van der Waals surface area contributed by atoms with Gasteiger partial charge in [0.05, 0.1) is 7.11 Å². The van der Waals surface area contributed by atoms with Crippen molar-refractivity contribution in [2.45, 2.75) is 12.8 Å². The highest BCUT2D eigenvalue weighted by Gasteiger charge is 2.07. The molecule has 1 aromatic carbocycles. The summed E-state index contributed by atoms with van der Waals surface area (Å²) in [5, 5.41) is 6.86. The standard InChI is InChI=1S/C14H17N3O2/c1-17-10-9-13(16-17)15-14(18)8-7-11-5-3-4-6-12(11)19-2/h3-6,9-10H,7-8H2,1-2H3,(H,15,16,18). The molecule has 0 fully saturated rings. The molecule has 1 heterocycles. The van der Waals surface area contributed by atoms with E-state index in [0.29, 0.717) is 18.7 Å². The first-order chi connectivity index (χ1) is 9.19. The summed E-state index contributed by atoms with van der Waals surface area (Å²) in [6, 6.07) is 9.48. The maximum Gasteiger partial charge on any atom is 0.225 e. The summed E-state index contributed by atoms with van der Waals surface area (Å²) in [6.07, 6.45) is 2.83. The molecule has 100 valence electrons. The van der Waals surface area contributed by atoms with E-state index in [0.717, 1.165) is 11.3 Å². The van der Waals surface area contributed by atoms with Crippen molar-refractivity contribution in [2.24, 2.45) is 7.05 Å². The molecule has 0 atom stereocenters. The number of aryl methyl sites for hydroxylation is 2. The largest absolute Gasteiger partial charge is 0.496 e. The third kappa shape index (κ3) is 3.58.